The van der Waals surface area contributed by atoms with E-state index in [0.717, 1.165) is 61.0 Å². The van der Waals surface area contributed by atoms with Gasteiger partial charge < -0.3 is 62.2 Å². The summed E-state index contributed by atoms with van der Waals surface area (Å²) < 4.78 is 0. The minimum Gasteiger partial charge on any atom is -0.478 e. The highest BCUT2D eigenvalue weighted by Gasteiger charge is 2.52. The second-order valence-electron chi connectivity index (χ2n) is 17.1. The number of hydrogen-bond acceptors (Lipinski definition) is 12. The Hall–Kier alpha value is -4.60. The Labute approximate surface area is 345 Å². The lowest BCUT2D eigenvalue weighted by Gasteiger charge is -2.49. The van der Waals surface area contributed by atoms with E-state index < -0.39 is 48.3 Å². The van der Waals surface area contributed by atoms with Crippen LogP contribution in [0.5, 0.6) is 0 Å². The van der Waals surface area contributed by atoms with Gasteiger partial charge in [-0.3, -0.25) is 0 Å². The Kier molecular flexibility index (Phi) is 15.0. The minimum absolute atomic E-state index is 0.0156. The van der Waals surface area contributed by atoms with E-state index in [1.54, 1.807) is 6.20 Å². The molecular formula is C45H62N6O8. The van der Waals surface area contributed by atoms with Gasteiger partial charge in [0.05, 0.1) is 24.7 Å². The highest BCUT2D eigenvalue weighted by Crippen LogP contribution is 2.46. The fraction of sp³-hybridized carbons (Fsp3) is 0.556. The van der Waals surface area contributed by atoms with Crippen molar-refractivity contribution in [3.8, 4) is 0 Å². The van der Waals surface area contributed by atoms with Crippen LogP contribution in [-0.4, -0.2) is 104 Å². The number of aliphatic imine (C=N–C) groups is 1. The van der Waals surface area contributed by atoms with E-state index in [4.69, 9.17) is 16.5 Å². The number of rotatable bonds is 21. The molecule has 3 aromatic rings. The maximum atomic E-state index is 12.7. The second kappa shape index (κ2) is 20.1. The molecule has 0 amide bonds. The van der Waals surface area contributed by atoms with Crippen LogP contribution in [-0.2, 0) is 27.2 Å². The molecule has 1 aliphatic heterocycles. The van der Waals surface area contributed by atoms with Crippen molar-refractivity contribution in [2.24, 2.45) is 34.2 Å². The number of carboxylic acid groups (broad SMARTS) is 1. The van der Waals surface area contributed by atoms with E-state index in [-0.39, 0.29) is 42.8 Å². The number of hydrogen-bond donors (Lipinski definition) is 10. The molecule has 2 heterocycles. The third-order valence-electron chi connectivity index (χ3n) is 13.2. The molecule has 12 N–H and O–H groups in total. The Bertz CT molecular complexity index is 1950. The molecule has 10 unspecified atom stereocenters. The van der Waals surface area contributed by atoms with Crippen molar-refractivity contribution in [1.82, 2.24) is 10.3 Å². The van der Waals surface area contributed by atoms with Crippen LogP contribution in [0.4, 0.5) is 5.82 Å². The number of carboxylic acids is 1. The number of aromatic amines is 1. The largest absolute Gasteiger partial charge is 0.478 e. The Balaban J connectivity index is 1.33. The molecule has 6 rings (SSSR count). The fourth-order valence-corrected chi connectivity index (χ4v) is 10.00. The van der Waals surface area contributed by atoms with Crippen molar-refractivity contribution in [2.75, 3.05) is 18.5 Å². The zero-order valence-electron chi connectivity index (χ0n) is 33.7. The highest BCUT2D eigenvalue weighted by atomic mass is 16.4. The smallest absolute Gasteiger partial charge is 0.328 e. The number of aromatic nitrogens is 1. The molecule has 10 atom stereocenters. The van der Waals surface area contributed by atoms with Gasteiger partial charge in [-0.2, -0.15) is 0 Å². The Morgan fingerprint density at radius 2 is 1.88 bits per heavy atom. The third-order valence-corrected chi connectivity index (χ3v) is 13.2. The van der Waals surface area contributed by atoms with Crippen molar-refractivity contribution >= 4 is 41.1 Å². The number of nitrogens with two attached hydrogens (primary N) is 2. The van der Waals surface area contributed by atoms with Crippen LogP contribution in [0.3, 0.4) is 0 Å². The molecule has 59 heavy (non-hydrogen) atoms. The number of aliphatic hydroxyl groups excluding tert-OH is 3. The van der Waals surface area contributed by atoms with Crippen LogP contribution in [0.15, 0.2) is 65.3 Å². The highest BCUT2D eigenvalue weighted by molar-refractivity contribution is 5.86. The van der Waals surface area contributed by atoms with Crippen molar-refractivity contribution in [2.45, 2.75) is 125 Å². The molecule has 2 aromatic carbocycles. The maximum absolute atomic E-state index is 12.7. The molecule has 1 fully saturated rings. The van der Waals surface area contributed by atoms with E-state index in [1.165, 1.54) is 17.2 Å². The quantitative estimate of drug-likeness (QED) is 0.0548. The summed E-state index contributed by atoms with van der Waals surface area (Å²) in [6.07, 6.45) is 11.6. The number of H-pyrrole nitrogens is 1. The summed E-state index contributed by atoms with van der Waals surface area (Å²) in [4.78, 5) is 43.8. The Morgan fingerprint density at radius 3 is 2.59 bits per heavy atom. The normalized spacial score (nSPS) is 27.1. The summed E-state index contributed by atoms with van der Waals surface area (Å²) in [6.45, 7) is -0.579. The molecule has 0 bridgehead atoms. The van der Waals surface area contributed by atoms with E-state index in [1.807, 2.05) is 18.2 Å². The van der Waals surface area contributed by atoms with Gasteiger partial charge in [0, 0.05) is 43.2 Å². The van der Waals surface area contributed by atoms with Crippen LogP contribution in [0, 0.1) is 17.8 Å². The average Bonchev–Trinajstić information content (AvgIpc) is 3.74. The number of nitrogens with zero attached hydrogens (tertiary/aromatic N) is 1. The van der Waals surface area contributed by atoms with Gasteiger partial charge in [-0.1, -0.05) is 36.8 Å². The van der Waals surface area contributed by atoms with E-state index in [2.05, 4.69) is 39.9 Å². The number of aliphatic carboxylic acids is 1. The number of carbonyl (C=O) groups excluding carboxylic acids is 2. The van der Waals surface area contributed by atoms with Crippen LogP contribution >= 0.6 is 0 Å². The first kappa shape index (κ1) is 44.0. The van der Waals surface area contributed by atoms with Crippen LogP contribution in [0.25, 0.3) is 10.8 Å². The van der Waals surface area contributed by atoms with Crippen molar-refractivity contribution in [3.63, 3.8) is 0 Å². The van der Waals surface area contributed by atoms with E-state index in [9.17, 15) is 39.9 Å². The summed E-state index contributed by atoms with van der Waals surface area (Å²) in [5.41, 5.74) is 15.2. The number of fused-ring (bicyclic) bond motifs is 3. The lowest BCUT2D eigenvalue weighted by molar-refractivity contribution is -0.149. The van der Waals surface area contributed by atoms with Crippen LogP contribution in [0.2, 0.25) is 0 Å². The summed E-state index contributed by atoms with van der Waals surface area (Å²) in [5.74, 6) is -0.801. The van der Waals surface area contributed by atoms with Crippen LogP contribution in [0.1, 0.15) is 93.2 Å². The number of anilines is 1. The molecule has 2 aliphatic carbocycles. The lowest BCUT2D eigenvalue weighted by Crippen LogP contribution is -2.67. The van der Waals surface area contributed by atoms with E-state index >= 15 is 0 Å². The lowest BCUT2D eigenvalue weighted by atomic mass is 9.66. The number of nitrogens with one attached hydrogen (secondary N) is 3. The van der Waals surface area contributed by atoms with Gasteiger partial charge in [0.15, 0.2) is 5.96 Å². The zero-order valence-corrected chi connectivity index (χ0v) is 33.7. The van der Waals surface area contributed by atoms with Crippen molar-refractivity contribution < 1.29 is 39.9 Å². The summed E-state index contributed by atoms with van der Waals surface area (Å²) in [6, 6.07) is 12.3. The number of guanidine groups is 1. The van der Waals surface area contributed by atoms with Crippen molar-refractivity contribution in [3.05, 3.63) is 77.0 Å². The standard InChI is InChI=1S/C45H62N6O8/c46-33(13-9-28(25-54)4-3-18-52)5-1-6-34-31(12-11-30-21-29-10-8-27(15-19-53)20-32(29)22-36(30)34)23-38(49-39-7-2-17-48-39)37(24-40(56)57)41-35-14-16-45(59,26-55)43(58)42(35)51-44(47)50-41/h2,7-8,10,17,19-22,24-25,28,31,33-35,38,41-43,48-49,52,55,58-59H,1,3-6,9,11-16,18,23,26,46H2,(H,56,57)(H3,47,50,51). The topological polar surface area (TPSA) is 257 Å². The molecule has 1 saturated carbocycles. The summed E-state index contributed by atoms with van der Waals surface area (Å²) in [7, 11) is 0. The van der Waals surface area contributed by atoms with Gasteiger partial charge in [0.25, 0.3) is 0 Å². The van der Waals surface area contributed by atoms with Gasteiger partial charge >= 0.3 is 5.97 Å². The van der Waals surface area contributed by atoms with Gasteiger partial charge in [0.1, 0.15) is 30.1 Å². The predicted molar refractivity (Wildman–Crippen MR) is 227 cm³/mol. The number of aryl methyl sites for hydroxylation is 1. The monoisotopic (exact) mass is 814 g/mol. The molecule has 0 saturated heterocycles. The zero-order chi connectivity index (χ0) is 42.1. The summed E-state index contributed by atoms with van der Waals surface area (Å²) in [5, 5.41) is 60.8. The van der Waals surface area contributed by atoms with Crippen LogP contribution < -0.4 is 22.1 Å². The molecular weight excluding hydrogens is 753 g/mol. The molecule has 320 valence electrons. The molecule has 1 aromatic heterocycles. The maximum Gasteiger partial charge on any atom is 0.328 e. The second-order valence-corrected chi connectivity index (χ2v) is 17.1. The van der Waals surface area contributed by atoms with Gasteiger partial charge in [0.2, 0.25) is 0 Å². The average molecular weight is 815 g/mol. The first-order valence-corrected chi connectivity index (χ1v) is 21.2. The Morgan fingerprint density at radius 1 is 1.05 bits per heavy atom. The van der Waals surface area contributed by atoms with Gasteiger partial charge in [-0.05, 0) is 128 Å². The SMILES string of the molecule is NC1=NC(C(=CC(=O)O)C(CC2CCc3cc4ccc(CC=O)cc4cc3C2CCCC(N)CCC(C=O)CCCO)Nc2ccc[nH]2)C2CCC(O)(CO)C(O)C2N1. The number of carbonyl (C=O) groups is 3. The number of benzene rings is 2. The summed E-state index contributed by atoms with van der Waals surface area (Å²) >= 11 is 0. The molecule has 14 heteroatoms. The van der Waals surface area contributed by atoms with Gasteiger partial charge in [-0.15, -0.1) is 0 Å². The molecule has 0 spiro atoms. The molecule has 3 aliphatic rings. The first-order valence-electron chi connectivity index (χ1n) is 21.2. The predicted octanol–water partition coefficient (Wildman–Crippen LogP) is 3.45. The minimum atomic E-state index is -1.74. The third kappa shape index (κ3) is 10.6. The fourth-order valence-electron chi connectivity index (χ4n) is 10.00. The van der Waals surface area contributed by atoms with Gasteiger partial charge in [-0.25, -0.2) is 9.79 Å². The van der Waals surface area contributed by atoms with Crippen molar-refractivity contribution in [1.29, 1.82) is 0 Å². The first-order chi connectivity index (χ1) is 28.5. The molecule has 0 radical (unpaired) electrons. The number of aldehydes is 2. The van der Waals surface area contributed by atoms with E-state index in [0.29, 0.717) is 56.3 Å². The number of aliphatic hydroxyl groups is 4. The molecule has 14 nitrogen and oxygen atoms in total.